The third kappa shape index (κ3) is 2.39. The van der Waals surface area contributed by atoms with Crippen molar-refractivity contribution in [1.82, 2.24) is 4.57 Å². The lowest BCUT2D eigenvalue weighted by molar-refractivity contribution is -0.0183. The van der Waals surface area contributed by atoms with Crippen LogP contribution in [-0.4, -0.2) is 22.4 Å². The van der Waals surface area contributed by atoms with Crippen molar-refractivity contribution in [2.45, 2.75) is 25.2 Å². The minimum Gasteiger partial charge on any atom is -0.394 e. The molecule has 2 aromatic carbocycles. The first-order valence-electron chi connectivity index (χ1n) is 8.17. The average Bonchev–Trinajstić information content (AvgIpc) is 3.21. The summed E-state index contributed by atoms with van der Waals surface area (Å²) in [6, 6.07) is 16.5. The summed E-state index contributed by atoms with van der Waals surface area (Å²) >= 11 is 0. The number of rotatable bonds is 3. The van der Waals surface area contributed by atoms with E-state index < -0.39 is 0 Å². The molecule has 1 aromatic heterocycles. The summed E-state index contributed by atoms with van der Waals surface area (Å²) in [4.78, 5) is 0. The molecule has 1 aliphatic rings. The molecule has 1 aliphatic heterocycles. The topological polar surface area (TPSA) is 58.2 Å². The summed E-state index contributed by atoms with van der Waals surface area (Å²) in [5.41, 5.74) is 3.26. The molecule has 120 valence electrons. The molecule has 1 fully saturated rings. The molecule has 0 amide bonds. The molecule has 0 saturated carbocycles. The third-order valence-corrected chi connectivity index (χ3v) is 4.66. The maximum Gasteiger partial charge on any atom is 0.135 e. The number of benzene rings is 2. The Kier molecular flexibility index (Phi) is 3.81. The van der Waals surface area contributed by atoms with Crippen LogP contribution in [0.3, 0.4) is 0 Å². The van der Waals surface area contributed by atoms with E-state index in [0.29, 0.717) is 0 Å². The molecule has 4 heteroatoms. The fourth-order valence-electron chi connectivity index (χ4n) is 3.58. The van der Waals surface area contributed by atoms with Crippen molar-refractivity contribution in [2.75, 3.05) is 6.61 Å². The highest BCUT2D eigenvalue weighted by Gasteiger charge is 2.28. The minimum atomic E-state index is -0.0796. The first-order chi connectivity index (χ1) is 11.8. The molecule has 1 unspecified atom stereocenters. The summed E-state index contributed by atoms with van der Waals surface area (Å²) in [6.45, 7) is 0.0662. The number of aliphatic hydroxyl groups excluding tert-OH is 1. The number of hydrogen-bond donors (Lipinski definition) is 1. The second kappa shape index (κ2) is 6.12. The van der Waals surface area contributed by atoms with Gasteiger partial charge in [0, 0.05) is 16.8 Å². The standard InChI is InChI=1S/C20H18N2O2/c21-11-3-4-14-7-9-19-17(12-14)16-5-1-2-6-18(16)22(19)20-10-8-15(13-23)24-20/h1-7,9,12,15,20,23H,8,10,13H2/b4-3+/t15-,20?/m0/s1. The van der Waals surface area contributed by atoms with Crippen molar-refractivity contribution in [2.24, 2.45) is 0 Å². The largest absolute Gasteiger partial charge is 0.394 e. The van der Waals surface area contributed by atoms with Crippen molar-refractivity contribution in [3.8, 4) is 6.07 Å². The summed E-state index contributed by atoms with van der Waals surface area (Å²) in [7, 11) is 0. The fourth-order valence-corrected chi connectivity index (χ4v) is 3.58. The van der Waals surface area contributed by atoms with Gasteiger partial charge in [-0.2, -0.15) is 5.26 Å². The highest BCUT2D eigenvalue weighted by atomic mass is 16.5. The maximum absolute atomic E-state index is 9.36. The summed E-state index contributed by atoms with van der Waals surface area (Å²) < 4.78 is 8.26. The van der Waals surface area contributed by atoms with Crippen LogP contribution in [0.2, 0.25) is 0 Å². The smallest absolute Gasteiger partial charge is 0.135 e. The van der Waals surface area contributed by atoms with E-state index in [0.717, 1.165) is 34.8 Å². The molecule has 0 bridgehead atoms. The second-order valence-electron chi connectivity index (χ2n) is 6.10. The number of hydrogen-bond acceptors (Lipinski definition) is 3. The van der Waals surface area contributed by atoms with Crippen molar-refractivity contribution in [1.29, 1.82) is 5.26 Å². The summed E-state index contributed by atoms with van der Waals surface area (Å²) in [5.74, 6) is 0. The molecule has 4 rings (SSSR count). The van der Waals surface area contributed by atoms with Crippen LogP contribution >= 0.6 is 0 Å². The normalized spacial score (nSPS) is 21.0. The Labute approximate surface area is 140 Å². The van der Waals surface area contributed by atoms with Gasteiger partial charge < -0.3 is 14.4 Å². The van der Waals surface area contributed by atoms with Gasteiger partial charge in [-0.05, 0) is 42.7 Å². The van der Waals surface area contributed by atoms with Crippen molar-refractivity contribution in [3.63, 3.8) is 0 Å². The summed E-state index contributed by atoms with van der Waals surface area (Å²) in [6.07, 6.45) is 4.95. The van der Waals surface area contributed by atoms with Gasteiger partial charge >= 0.3 is 0 Å². The van der Waals surface area contributed by atoms with Crippen molar-refractivity contribution in [3.05, 3.63) is 54.1 Å². The minimum absolute atomic E-state index is 0.0509. The van der Waals surface area contributed by atoms with Crippen LogP contribution in [0.15, 0.2) is 48.5 Å². The molecular weight excluding hydrogens is 300 g/mol. The van der Waals surface area contributed by atoms with E-state index in [1.54, 1.807) is 0 Å². The lowest BCUT2D eigenvalue weighted by Gasteiger charge is -2.17. The predicted molar refractivity (Wildman–Crippen MR) is 94.3 cm³/mol. The lowest BCUT2D eigenvalue weighted by Crippen LogP contribution is -2.14. The van der Waals surface area contributed by atoms with Crippen LogP contribution in [0.25, 0.3) is 27.9 Å². The maximum atomic E-state index is 9.36. The zero-order valence-electron chi connectivity index (χ0n) is 13.2. The van der Waals surface area contributed by atoms with Crippen LogP contribution in [0.4, 0.5) is 0 Å². The predicted octanol–water partition coefficient (Wildman–Crippen LogP) is 4.00. The number of nitriles is 1. The van der Waals surface area contributed by atoms with E-state index in [1.807, 2.05) is 30.3 Å². The first kappa shape index (κ1) is 14.9. The molecule has 1 N–H and O–H groups in total. The number of aliphatic hydroxyl groups is 1. The molecule has 0 spiro atoms. The zero-order chi connectivity index (χ0) is 16.5. The monoisotopic (exact) mass is 318 g/mol. The molecular formula is C20H18N2O2. The highest BCUT2D eigenvalue weighted by molar-refractivity contribution is 6.08. The van der Waals surface area contributed by atoms with E-state index in [4.69, 9.17) is 10.00 Å². The molecule has 0 radical (unpaired) electrons. The fraction of sp³-hybridized carbons (Fsp3) is 0.250. The Hall–Kier alpha value is -2.61. The molecule has 24 heavy (non-hydrogen) atoms. The van der Waals surface area contributed by atoms with E-state index in [9.17, 15) is 5.11 Å². The zero-order valence-corrected chi connectivity index (χ0v) is 13.2. The molecule has 2 atom stereocenters. The van der Waals surface area contributed by atoms with Gasteiger partial charge in [0.2, 0.25) is 0 Å². The van der Waals surface area contributed by atoms with Gasteiger partial charge in [-0.15, -0.1) is 0 Å². The Morgan fingerprint density at radius 2 is 2.00 bits per heavy atom. The van der Waals surface area contributed by atoms with Crippen LogP contribution in [0.1, 0.15) is 24.6 Å². The Morgan fingerprint density at radius 1 is 1.17 bits per heavy atom. The van der Waals surface area contributed by atoms with Gasteiger partial charge in [-0.25, -0.2) is 0 Å². The van der Waals surface area contributed by atoms with Gasteiger partial charge in [0.05, 0.1) is 29.8 Å². The third-order valence-electron chi connectivity index (χ3n) is 4.66. The Balaban J connectivity index is 1.92. The molecule has 0 aliphatic carbocycles. The van der Waals surface area contributed by atoms with Crippen LogP contribution in [0, 0.1) is 11.3 Å². The number of fused-ring (bicyclic) bond motifs is 3. The van der Waals surface area contributed by atoms with Crippen LogP contribution in [-0.2, 0) is 4.74 Å². The van der Waals surface area contributed by atoms with Gasteiger partial charge in [0.25, 0.3) is 0 Å². The quantitative estimate of drug-likeness (QED) is 0.743. The number of allylic oxidation sites excluding steroid dienone is 1. The molecule has 2 heterocycles. The van der Waals surface area contributed by atoms with Gasteiger partial charge in [-0.3, -0.25) is 0 Å². The number of para-hydroxylation sites is 1. The van der Waals surface area contributed by atoms with Crippen molar-refractivity contribution >= 4 is 27.9 Å². The second-order valence-corrected chi connectivity index (χ2v) is 6.10. The van der Waals surface area contributed by atoms with Gasteiger partial charge in [0.15, 0.2) is 0 Å². The molecule has 4 nitrogen and oxygen atoms in total. The van der Waals surface area contributed by atoms with E-state index in [-0.39, 0.29) is 18.9 Å². The number of aromatic nitrogens is 1. The van der Waals surface area contributed by atoms with Gasteiger partial charge in [-0.1, -0.05) is 24.3 Å². The lowest BCUT2D eigenvalue weighted by atomic mass is 10.1. The Morgan fingerprint density at radius 3 is 2.79 bits per heavy atom. The van der Waals surface area contributed by atoms with Gasteiger partial charge in [0.1, 0.15) is 6.23 Å². The molecule has 3 aromatic rings. The van der Waals surface area contributed by atoms with E-state index in [1.165, 1.54) is 11.5 Å². The van der Waals surface area contributed by atoms with E-state index >= 15 is 0 Å². The SMILES string of the molecule is N#C/C=C/c1ccc2c(c1)c1ccccc1n2C1CC[C@@H](CO)O1. The number of nitrogens with zero attached hydrogens (tertiary/aromatic N) is 2. The Bertz CT molecular complexity index is 965. The highest BCUT2D eigenvalue weighted by Crippen LogP contribution is 2.37. The van der Waals surface area contributed by atoms with Crippen molar-refractivity contribution < 1.29 is 9.84 Å². The average molecular weight is 318 g/mol. The number of ether oxygens (including phenoxy) is 1. The van der Waals surface area contributed by atoms with Crippen LogP contribution < -0.4 is 0 Å². The first-order valence-corrected chi connectivity index (χ1v) is 8.17. The van der Waals surface area contributed by atoms with Crippen LogP contribution in [0.5, 0.6) is 0 Å². The molecule has 1 saturated heterocycles. The summed E-state index contributed by atoms with van der Waals surface area (Å²) in [5, 5.41) is 20.4. The van der Waals surface area contributed by atoms with E-state index in [2.05, 4.69) is 28.8 Å².